The van der Waals surface area contributed by atoms with E-state index in [1.165, 1.54) is 18.4 Å². The van der Waals surface area contributed by atoms with E-state index in [1.54, 1.807) is 19.1 Å². The van der Waals surface area contributed by atoms with Crippen LogP contribution in [0, 0.1) is 12.8 Å². The summed E-state index contributed by atoms with van der Waals surface area (Å²) in [6.45, 7) is 5.38. The number of aromatic nitrogens is 1. The Morgan fingerprint density at radius 1 is 1.29 bits per heavy atom. The van der Waals surface area contributed by atoms with Crippen LogP contribution in [0.4, 0.5) is 0 Å². The number of hydrogen-bond acceptors (Lipinski definition) is 5. The number of oxazole rings is 1. The van der Waals surface area contributed by atoms with Gasteiger partial charge in [-0.05, 0) is 24.5 Å². The van der Waals surface area contributed by atoms with Crippen molar-refractivity contribution in [3.63, 3.8) is 0 Å². The van der Waals surface area contributed by atoms with Gasteiger partial charge in [0.2, 0.25) is 10.0 Å². The number of hydrogen-bond donors (Lipinski definition) is 2. The van der Waals surface area contributed by atoms with Crippen LogP contribution in [0.1, 0.15) is 26.2 Å². The van der Waals surface area contributed by atoms with Crippen LogP contribution in [-0.2, 0) is 14.8 Å². The molecule has 8 heteroatoms. The number of nitrogens with one attached hydrogen (secondary N) is 1. The van der Waals surface area contributed by atoms with Crippen molar-refractivity contribution in [3.05, 3.63) is 36.4 Å². The molecule has 1 atom stereocenters. The summed E-state index contributed by atoms with van der Waals surface area (Å²) in [5.74, 6) is -0.630. The lowest BCUT2D eigenvalue weighted by molar-refractivity contribution is -0.139. The topological polar surface area (TPSA) is 110 Å². The summed E-state index contributed by atoms with van der Waals surface area (Å²) >= 11 is 0. The fraction of sp³-hybridized carbons (Fsp3) is 0.375. The minimum atomic E-state index is -3.92. The van der Waals surface area contributed by atoms with Gasteiger partial charge >= 0.3 is 5.97 Å². The first-order valence-corrected chi connectivity index (χ1v) is 8.95. The van der Waals surface area contributed by atoms with Crippen molar-refractivity contribution < 1.29 is 22.7 Å². The van der Waals surface area contributed by atoms with E-state index in [2.05, 4.69) is 9.71 Å². The Kier molecular flexibility index (Phi) is 5.40. The van der Waals surface area contributed by atoms with Gasteiger partial charge in [0.15, 0.2) is 5.89 Å². The predicted molar refractivity (Wildman–Crippen MR) is 87.9 cm³/mol. The van der Waals surface area contributed by atoms with E-state index in [0.717, 1.165) is 0 Å². The molecule has 0 amide bonds. The second-order valence-corrected chi connectivity index (χ2v) is 7.63. The molecule has 0 radical (unpaired) electrons. The molecule has 1 heterocycles. The largest absolute Gasteiger partial charge is 0.480 e. The number of aryl methyl sites for hydroxylation is 1. The van der Waals surface area contributed by atoms with Crippen LogP contribution in [-0.4, -0.2) is 30.5 Å². The maximum absolute atomic E-state index is 12.4. The van der Waals surface area contributed by atoms with Crippen LogP contribution < -0.4 is 4.72 Å². The summed E-state index contributed by atoms with van der Waals surface area (Å²) in [7, 11) is -3.92. The molecular formula is C16H20N2O5S. The van der Waals surface area contributed by atoms with E-state index in [9.17, 15) is 18.3 Å². The molecule has 0 unspecified atom stereocenters. The molecule has 0 aliphatic rings. The summed E-state index contributed by atoms with van der Waals surface area (Å²) < 4.78 is 32.1. The number of carboxylic acid groups (broad SMARTS) is 1. The molecule has 0 aliphatic carbocycles. The third-order valence-electron chi connectivity index (χ3n) is 3.38. The van der Waals surface area contributed by atoms with Crippen LogP contribution >= 0.6 is 0 Å². The van der Waals surface area contributed by atoms with Crippen molar-refractivity contribution in [1.82, 2.24) is 9.71 Å². The normalized spacial score (nSPS) is 13.2. The fourth-order valence-electron chi connectivity index (χ4n) is 2.23. The fourth-order valence-corrected chi connectivity index (χ4v) is 3.43. The van der Waals surface area contributed by atoms with Gasteiger partial charge in [-0.3, -0.25) is 4.79 Å². The Morgan fingerprint density at radius 3 is 2.38 bits per heavy atom. The molecule has 0 bridgehead atoms. The van der Waals surface area contributed by atoms with Gasteiger partial charge in [-0.25, -0.2) is 13.4 Å². The van der Waals surface area contributed by atoms with Crippen molar-refractivity contribution in [3.8, 4) is 11.3 Å². The maximum atomic E-state index is 12.4. The molecule has 130 valence electrons. The highest BCUT2D eigenvalue weighted by molar-refractivity contribution is 7.89. The molecule has 1 aromatic carbocycles. The molecule has 0 saturated carbocycles. The molecule has 2 N–H and O–H groups in total. The summed E-state index contributed by atoms with van der Waals surface area (Å²) in [5, 5.41) is 9.18. The molecule has 2 aromatic rings. The molecule has 0 aliphatic heterocycles. The number of sulfonamides is 1. The van der Waals surface area contributed by atoms with Crippen LogP contribution in [0.5, 0.6) is 0 Å². The van der Waals surface area contributed by atoms with E-state index in [0.29, 0.717) is 17.1 Å². The van der Waals surface area contributed by atoms with Crippen molar-refractivity contribution in [2.45, 2.75) is 38.1 Å². The van der Waals surface area contributed by atoms with Crippen LogP contribution in [0.25, 0.3) is 11.3 Å². The molecule has 2 rings (SSSR count). The van der Waals surface area contributed by atoms with E-state index in [1.807, 2.05) is 13.8 Å². The minimum Gasteiger partial charge on any atom is -0.480 e. The van der Waals surface area contributed by atoms with Crippen molar-refractivity contribution in [2.75, 3.05) is 0 Å². The highest BCUT2D eigenvalue weighted by Crippen LogP contribution is 2.21. The average Bonchev–Trinajstić information content (AvgIpc) is 2.92. The Labute approximate surface area is 140 Å². The number of carboxylic acids is 1. The highest BCUT2D eigenvalue weighted by atomic mass is 32.2. The third kappa shape index (κ3) is 4.42. The van der Waals surface area contributed by atoms with Crippen molar-refractivity contribution in [1.29, 1.82) is 0 Å². The van der Waals surface area contributed by atoms with Crippen LogP contribution in [0.3, 0.4) is 0 Å². The van der Waals surface area contributed by atoms with E-state index in [-0.39, 0.29) is 17.2 Å². The first-order valence-electron chi connectivity index (χ1n) is 7.46. The smallest absolute Gasteiger partial charge is 0.321 e. The summed E-state index contributed by atoms with van der Waals surface area (Å²) in [4.78, 5) is 15.4. The van der Waals surface area contributed by atoms with Gasteiger partial charge in [-0.2, -0.15) is 4.72 Å². The van der Waals surface area contributed by atoms with E-state index in [4.69, 9.17) is 4.42 Å². The lowest BCUT2D eigenvalue weighted by Gasteiger charge is -2.16. The lowest BCUT2D eigenvalue weighted by Crippen LogP contribution is -2.41. The summed E-state index contributed by atoms with van der Waals surface area (Å²) in [6.07, 6.45) is 1.70. The summed E-state index contributed by atoms with van der Waals surface area (Å²) in [5.41, 5.74) is 1.32. The van der Waals surface area contributed by atoms with Gasteiger partial charge in [-0.15, -0.1) is 0 Å². The molecule has 0 spiro atoms. The average molecular weight is 352 g/mol. The Bertz CT molecular complexity index is 809. The molecule has 0 saturated heterocycles. The molecular weight excluding hydrogens is 332 g/mol. The van der Waals surface area contributed by atoms with Gasteiger partial charge < -0.3 is 9.52 Å². The number of benzene rings is 1. The standard InChI is InChI=1S/C16H20N2O5S/c1-10(2)8-14(16(19)20)18-24(21,22)13-6-4-12(5-7-13)15-9-23-11(3)17-15/h4-7,9-10,14,18H,8H2,1-3H3,(H,19,20)/t14-/m0/s1. The summed E-state index contributed by atoms with van der Waals surface area (Å²) in [6, 6.07) is 4.87. The number of carbonyl (C=O) groups is 1. The van der Waals surface area contributed by atoms with E-state index < -0.39 is 22.0 Å². The second-order valence-electron chi connectivity index (χ2n) is 5.92. The lowest BCUT2D eigenvalue weighted by atomic mass is 10.1. The van der Waals surface area contributed by atoms with Gasteiger partial charge in [0.1, 0.15) is 18.0 Å². The van der Waals surface area contributed by atoms with Gasteiger partial charge in [0.05, 0.1) is 4.90 Å². The zero-order valence-electron chi connectivity index (χ0n) is 13.7. The minimum absolute atomic E-state index is 0.00136. The maximum Gasteiger partial charge on any atom is 0.321 e. The first-order chi connectivity index (χ1) is 11.2. The SMILES string of the molecule is Cc1nc(-c2ccc(S(=O)(=O)N[C@@H](CC(C)C)C(=O)O)cc2)co1. The number of rotatable bonds is 7. The highest BCUT2D eigenvalue weighted by Gasteiger charge is 2.26. The molecule has 7 nitrogen and oxygen atoms in total. The second kappa shape index (κ2) is 7.14. The third-order valence-corrected chi connectivity index (χ3v) is 4.87. The van der Waals surface area contributed by atoms with Crippen LogP contribution in [0.2, 0.25) is 0 Å². The Hall–Kier alpha value is -2.19. The van der Waals surface area contributed by atoms with Crippen LogP contribution in [0.15, 0.2) is 39.8 Å². The van der Waals surface area contributed by atoms with Gasteiger partial charge in [0.25, 0.3) is 0 Å². The zero-order chi connectivity index (χ0) is 17.9. The Balaban J connectivity index is 2.21. The zero-order valence-corrected chi connectivity index (χ0v) is 14.5. The number of aliphatic carboxylic acids is 1. The quantitative estimate of drug-likeness (QED) is 0.792. The molecule has 0 fully saturated rings. The molecule has 24 heavy (non-hydrogen) atoms. The Morgan fingerprint density at radius 2 is 1.92 bits per heavy atom. The molecule has 1 aromatic heterocycles. The van der Waals surface area contributed by atoms with Gasteiger partial charge in [-0.1, -0.05) is 26.0 Å². The van der Waals surface area contributed by atoms with Crippen molar-refractivity contribution >= 4 is 16.0 Å². The first kappa shape index (κ1) is 18.2. The van der Waals surface area contributed by atoms with Crippen molar-refractivity contribution in [2.24, 2.45) is 5.92 Å². The van der Waals surface area contributed by atoms with Gasteiger partial charge in [0, 0.05) is 12.5 Å². The monoisotopic (exact) mass is 352 g/mol. The number of nitrogens with zero attached hydrogens (tertiary/aromatic N) is 1. The predicted octanol–water partition coefficient (Wildman–Crippen LogP) is 2.43. The van der Waals surface area contributed by atoms with E-state index >= 15 is 0 Å².